The predicted octanol–water partition coefficient (Wildman–Crippen LogP) is 6.78. The number of benzene rings is 4. The van der Waals surface area contributed by atoms with Gasteiger partial charge in [0, 0.05) is 0 Å². The Morgan fingerprint density at radius 2 is 1.60 bits per heavy atom. The lowest BCUT2D eigenvalue weighted by Gasteiger charge is -2.16. The van der Waals surface area contributed by atoms with E-state index in [-0.39, 0.29) is 18.0 Å². The van der Waals surface area contributed by atoms with Crippen molar-refractivity contribution in [2.45, 2.75) is 13.2 Å². The van der Waals surface area contributed by atoms with Crippen molar-refractivity contribution in [1.82, 2.24) is 4.90 Å². The van der Waals surface area contributed by atoms with Gasteiger partial charge in [-0.2, -0.15) is 0 Å². The minimum atomic E-state index is -0.997. The lowest BCUT2D eigenvalue weighted by Crippen LogP contribution is -2.28. The zero-order valence-electron chi connectivity index (χ0n) is 21.7. The highest BCUT2D eigenvalue weighted by atomic mass is 32.2. The topological polar surface area (TPSA) is 88.4 Å². The Morgan fingerprint density at radius 1 is 0.900 bits per heavy atom. The Bertz CT molecular complexity index is 1570. The lowest BCUT2D eigenvalue weighted by atomic mass is 10.1. The summed E-state index contributed by atoms with van der Waals surface area (Å²) in [5, 5.41) is 9.75. The molecule has 0 spiro atoms. The molecule has 0 bridgehead atoms. The molecule has 40 heavy (non-hydrogen) atoms. The fourth-order valence-corrected chi connectivity index (χ4v) is 5.06. The predicted molar refractivity (Wildman–Crippen MR) is 157 cm³/mol. The average molecular weight is 551 g/mol. The smallest absolute Gasteiger partial charge is 0.335 e. The molecular weight excluding hydrogens is 524 g/mol. The van der Waals surface area contributed by atoms with Gasteiger partial charge in [0.25, 0.3) is 5.91 Å². The molecule has 1 heterocycles. The molecule has 0 saturated carbocycles. The zero-order chi connectivity index (χ0) is 27.9. The summed E-state index contributed by atoms with van der Waals surface area (Å²) in [7, 11) is 1.58. The van der Waals surface area contributed by atoms with Crippen LogP contribution in [0, 0.1) is 0 Å². The van der Waals surface area contributed by atoms with Crippen LogP contribution in [0.5, 0.6) is 11.5 Å². The highest BCUT2D eigenvalue weighted by Crippen LogP contribution is 2.37. The van der Waals surface area contributed by atoms with Crippen LogP contribution in [0.2, 0.25) is 0 Å². The molecule has 1 N–H and O–H groups in total. The third kappa shape index (κ3) is 6.42. The van der Waals surface area contributed by atoms with Crippen LogP contribution in [-0.4, -0.2) is 34.2 Å². The van der Waals surface area contributed by atoms with E-state index in [0.717, 1.165) is 22.4 Å². The molecule has 7 nitrogen and oxygen atoms in total. The van der Waals surface area contributed by atoms with Gasteiger partial charge in [-0.25, -0.2) is 9.79 Å². The minimum Gasteiger partial charge on any atom is -0.493 e. The summed E-state index contributed by atoms with van der Waals surface area (Å²) in [4.78, 5) is 31.7. The molecule has 4 aromatic carbocycles. The Morgan fingerprint density at radius 3 is 2.27 bits per heavy atom. The molecule has 1 fully saturated rings. The van der Waals surface area contributed by atoms with Crippen molar-refractivity contribution < 1.29 is 24.2 Å². The molecule has 200 valence electrons. The number of hydrogen-bond donors (Lipinski definition) is 1. The van der Waals surface area contributed by atoms with Crippen molar-refractivity contribution in [2.24, 2.45) is 4.99 Å². The summed E-state index contributed by atoms with van der Waals surface area (Å²) in [6, 6.07) is 31.3. The summed E-state index contributed by atoms with van der Waals surface area (Å²) in [6.45, 7) is 0.665. The molecule has 4 aromatic rings. The number of amidine groups is 1. The van der Waals surface area contributed by atoms with E-state index in [0.29, 0.717) is 28.2 Å². The number of carboxylic acid groups (broad SMARTS) is 1. The number of para-hydroxylation sites is 1. The number of hydrogen-bond acceptors (Lipinski definition) is 6. The maximum Gasteiger partial charge on any atom is 0.335 e. The van der Waals surface area contributed by atoms with Crippen LogP contribution >= 0.6 is 11.8 Å². The maximum absolute atomic E-state index is 13.6. The molecule has 1 saturated heterocycles. The van der Waals surface area contributed by atoms with Crippen molar-refractivity contribution in [3.05, 3.63) is 130 Å². The van der Waals surface area contributed by atoms with E-state index in [1.54, 1.807) is 24.1 Å². The van der Waals surface area contributed by atoms with Crippen LogP contribution in [0.3, 0.4) is 0 Å². The number of aliphatic imine (C=N–C) groups is 1. The Kier molecular flexibility index (Phi) is 8.27. The van der Waals surface area contributed by atoms with Gasteiger partial charge >= 0.3 is 5.97 Å². The van der Waals surface area contributed by atoms with E-state index >= 15 is 0 Å². The third-order valence-corrected chi connectivity index (χ3v) is 7.14. The highest BCUT2D eigenvalue weighted by molar-refractivity contribution is 8.18. The maximum atomic E-state index is 13.6. The molecule has 1 aliphatic heterocycles. The highest BCUT2D eigenvalue weighted by Gasteiger charge is 2.33. The Hall–Kier alpha value is -4.82. The monoisotopic (exact) mass is 550 g/mol. The second-order valence-corrected chi connectivity index (χ2v) is 9.93. The largest absolute Gasteiger partial charge is 0.493 e. The molecule has 5 rings (SSSR count). The number of rotatable bonds is 9. The first-order chi connectivity index (χ1) is 19.5. The van der Waals surface area contributed by atoms with Gasteiger partial charge in [-0.3, -0.25) is 9.69 Å². The number of thioether (sulfide) groups is 1. The summed E-state index contributed by atoms with van der Waals surface area (Å²) < 4.78 is 11.5. The third-order valence-electron chi connectivity index (χ3n) is 6.13. The van der Waals surface area contributed by atoms with Crippen molar-refractivity contribution in [3.63, 3.8) is 0 Å². The molecule has 0 unspecified atom stereocenters. The van der Waals surface area contributed by atoms with E-state index in [1.165, 1.54) is 23.9 Å². The number of aromatic carboxylic acids is 1. The van der Waals surface area contributed by atoms with Crippen LogP contribution in [0.1, 0.15) is 27.0 Å². The fraction of sp³-hybridized carbons (Fsp3) is 0.0938. The first kappa shape index (κ1) is 26.8. The van der Waals surface area contributed by atoms with Crippen molar-refractivity contribution in [1.29, 1.82) is 0 Å². The quantitative estimate of drug-likeness (QED) is 0.231. The van der Waals surface area contributed by atoms with Crippen LogP contribution < -0.4 is 9.47 Å². The first-order valence-electron chi connectivity index (χ1n) is 12.5. The van der Waals surface area contributed by atoms with Gasteiger partial charge in [0.1, 0.15) is 6.61 Å². The van der Waals surface area contributed by atoms with Crippen LogP contribution in [-0.2, 0) is 17.9 Å². The minimum absolute atomic E-state index is 0.189. The second kappa shape index (κ2) is 12.4. The molecule has 1 aliphatic rings. The Labute approximate surface area is 236 Å². The lowest BCUT2D eigenvalue weighted by molar-refractivity contribution is -0.122. The van der Waals surface area contributed by atoms with Crippen LogP contribution in [0.4, 0.5) is 5.69 Å². The number of nitrogens with zero attached hydrogens (tertiary/aromatic N) is 2. The number of carbonyl (C=O) groups excluding carboxylic acids is 1. The molecular formula is C32H26N2O5S. The van der Waals surface area contributed by atoms with Crippen molar-refractivity contribution in [2.75, 3.05) is 7.11 Å². The molecule has 0 radical (unpaired) electrons. The first-order valence-corrected chi connectivity index (χ1v) is 13.3. The van der Waals surface area contributed by atoms with Crippen LogP contribution in [0.25, 0.3) is 6.08 Å². The summed E-state index contributed by atoms with van der Waals surface area (Å²) in [5.74, 6) is -0.0147. The van der Waals surface area contributed by atoms with Gasteiger partial charge in [-0.15, -0.1) is 0 Å². The standard InChI is InChI=1S/C32H26N2O5S/c1-38-28-18-24(14-17-27(28)39-21-23-8-4-2-5-9-23)19-29-30(35)34(20-22-12-15-25(16-13-22)31(36)37)32(40-29)33-26-10-6-3-7-11-26/h2-19H,20-21H2,1H3,(H,36,37)/b29-19-,33-32?. The summed E-state index contributed by atoms with van der Waals surface area (Å²) >= 11 is 1.29. The van der Waals surface area contributed by atoms with E-state index in [4.69, 9.17) is 14.5 Å². The SMILES string of the molecule is COc1cc(/C=C2\SC(=Nc3ccccc3)N(Cc3ccc(C(=O)O)cc3)C2=O)ccc1OCc1ccccc1. The summed E-state index contributed by atoms with van der Waals surface area (Å²) in [6.07, 6.45) is 1.81. The van der Waals surface area contributed by atoms with Crippen LogP contribution in [0.15, 0.2) is 113 Å². The summed E-state index contributed by atoms with van der Waals surface area (Å²) in [5.41, 5.74) is 3.54. The van der Waals surface area contributed by atoms with Gasteiger partial charge < -0.3 is 14.6 Å². The van der Waals surface area contributed by atoms with Crippen molar-refractivity contribution in [3.8, 4) is 11.5 Å². The van der Waals surface area contributed by atoms with Crippen molar-refractivity contribution >= 4 is 40.6 Å². The number of ether oxygens (including phenoxy) is 2. The van der Waals surface area contributed by atoms with Gasteiger partial charge in [0.15, 0.2) is 16.7 Å². The zero-order valence-corrected chi connectivity index (χ0v) is 22.5. The fourth-order valence-electron chi connectivity index (χ4n) is 4.06. The normalized spacial score (nSPS) is 15.0. The number of carbonyl (C=O) groups is 2. The van der Waals surface area contributed by atoms with Gasteiger partial charge in [0.2, 0.25) is 0 Å². The number of amides is 1. The van der Waals surface area contributed by atoms with E-state index in [2.05, 4.69) is 0 Å². The second-order valence-electron chi connectivity index (χ2n) is 8.92. The van der Waals surface area contributed by atoms with Gasteiger partial charge in [-0.1, -0.05) is 66.7 Å². The molecule has 0 aliphatic carbocycles. The number of carboxylic acids is 1. The van der Waals surface area contributed by atoms with E-state index in [9.17, 15) is 14.7 Å². The molecule has 8 heteroatoms. The molecule has 0 atom stereocenters. The molecule has 0 aromatic heterocycles. The average Bonchev–Trinajstić information content (AvgIpc) is 3.26. The van der Waals surface area contributed by atoms with Gasteiger partial charge in [-0.05, 0) is 70.9 Å². The number of methoxy groups -OCH3 is 1. The van der Waals surface area contributed by atoms with E-state index in [1.807, 2.05) is 84.9 Å². The van der Waals surface area contributed by atoms with E-state index < -0.39 is 5.97 Å². The van der Waals surface area contributed by atoms with Gasteiger partial charge in [0.05, 0.1) is 29.8 Å². The Balaban J connectivity index is 1.40. The molecule has 1 amide bonds.